The molecule has 0 aliphatic carbocycles. The van der Waals surface area contributed by atoms with E-state index in [1.807, 2.05) is 42.4 Å². The van der Waals surface area contributed by atoms with Crippen molar-refractivity contribution in [3.63, 3.8) is 0 Å². The molecule has 0 spiro atoms. The highest BCUT2D eigenvalue weighted by molar-refractivity contribution is 5.80. The Labute approximate surface area is 247 Å². The zero-order valence-corrected chi connectivity index (χ0v) is 22.9. The summed E-state index contributed by atoms with van der Waals surface area (Å²) in [5, 5.41) is 21.4. The van der Waals surface area contributed by atoms with Crippen LogP contribution in [0.4, 0.5) is 39.5 Å². The number of amides is 1. The lowest BCUT2D eigenvalue weighted by Crippen LogP contribution is -2.36. The highest BCUT2D eigenvalue weighted by Gasteiger charge is 2.46. The molecule has 0 unspecified atom stereocenters. The van der Waals surface area contributed by atoms with Crippen LogP contribution < -0.4 is 0 Å². The number of carbonyl (C=O) groups excluding carboxylic acids is 1. The van der Waals surface area contributed by atoms with Crippen molar-refractivity contribution in [1.82, 2.24) is 19.8 Å². The van der Waals surface area contributed by atoms with Crippen LogP contribution in [-0.4, -0.2) is 96.1 Å². The molecule has 11 nitrogen and oxygen atoms in total. The van der Waals surface area contributed by atoms with E-state index in [1.165, 1.54) is 5.56 Å². The van der Waals surface area contributed by atoms with Gasteiger partial charge < -0.3 is 20.2 Å². The van der Waals surface area contributed by atoms with Crippen molar-refractivity contribution in [2.24, 2.45) is 0 Å². The van der Waals surface area contributed by atoms with Gasteiger partial charge in [0.25, 0.3) is 0 Å². The van der Waals surface area contributed by atoms with E-state index in [0.29, 0.717) is 25.0 Å². The molecule has 20 heteroatoms. The number of aliphatic carboxylic acids is 3. The van der Waals surface area contributed by atoms with E-state index >= 15 is 0 Å². The standard InChI is InChI=1S/C19H22N4O.3C2HF3O2/c1-14-3-2-4-16(21-14)13-23-17-7-10-22(18(17)11-19(23)24)12-15-5-8-20-9-6-15;3*3-2(4,5)1(6)7/h2-6,8-9,17-18H,7,10-13H2,1H3;3*(H,6,7)/t17-,18-;;;/m0.../s1. The van der Waals surface area contributed by atoms with Gasteiger partial charge in [-0.25, -0.2) is 14.4 Å². The van der Waals surface area contributed by atoms with E-state index in [9.17, 15) is 44.3 Å². The summed E-state index contributed by atoms with van der Waals surface area (Å²) >= 11 is 0. The van der Waals surface area contributed by atoms with Crippen molar-refractivity contribution in [2.45, 2.75) is 63.5 Å². The molecule has 0 bridgehead atoms. The number of nitrogens with zero attached hydrogens (tertiary/aromatic N) is 4. The lowest BCUT2D eigenvalue weighted by molar-refractivity contribution is -0.193. The Kier molecular flexibility index (Phi) is 13.7. The van der Waals surface area contributed by atoms with Crippen molar-refractivity contribution >= 4 is 23.8 Å². The summed E-state index contributed by atoms with van der Waals surface area (Å²) in [5.41, 5.74) is 3.25. The molecule has 1 amide bonds. The molecular weight excluding hydrogens is 639 g/mol. The minimum Gasteiger partial charge on any atom is -0.475 e. The summed E-state index contributed by atoms with van der Waals surface area (Å²) in [6.45, 7) is 4.56. The molecule has 3 N–H and O–H groups in total. The second-order valence-electron chi connectivity index (χ2n) is 9.15. The summed E-state index contributed by atoms with van der Waals surface area (Å²) in [6.07, 6.45) is -9.91. The number of hydrogen-bond acceptors (Lipinski definition) is 7. The first-order chi connectivity index (χ1) is 20.5. The molecule has 0 radical (unpaired) electrons. The number of likely N-dealkylation sites (tertiary alicyclic amines) is 2. The monoisotopic (exact) mass is 664 g/mol. The second-order valence-corrected chi connectivity index (χ2v) is 9.15. The summed E-state index contributed by atoms with van der Waals surface area (Å²) in [4.78, 5) is 52.3. The third kappa shape index (κ3) is 13.4. The van der Waals surface area contributed by atoms with Crippen LogP contribution >= 0.6 is 0 Å². The molecule has 2 fully saturated rings. The van der Waals surface area contributed by atoms with Gasteiger partial charge in [-0.3, -0.25) is 19.7 Å². The fourth-order valence-corrected chi connectivity index (χ4v) is 4.00. The summed E-state index contributed by atoms with van der Waals surface area (Å²) < 4.78 is 95.2. The number of hydrogen-bond donors (Lipinski definition) is 3. The number of aryl methyl sites for hydroxylation is 1. The highest BCUT2D eigenvalue weighted by atomic mass is 19.4. The minimum atomic E-state index is -5.08. The number of halogens is 9. The SMILES string of the molecule is Cc1cccc(CN2C(=O)C[C@H]3[C@@H]2CCN3Cc2ccncc2)n1.O=C(O)C(F)(F)F.O=C(O)C(F)(F)F.O=C(O)C(F)(F)F. The normalized spacial score (nSPS) is 17.9. The van der Waals surface area contributed by atoms with Gasteiger partial charge in [0.15, 0.2) is 0 Å². The highest BCUT2D eigenvalue weighted by Crippen LogP contribution is 2.34. The Balaban J connectivity index is 0.000000396. The number of carboxylic acids is 3. The number of rotatable bonds is 4. The van der Waals surface area contributed by atoms with Crippen molar-refractivity contribution in [3.8, 4) is 0 Å². The smallest absolute Gasteiger partial charge is 0.475 e. The maximum Gasteiger partial charge on any atom is 0.490 e. The van der Waals surface area contributed by atoms with E-state index in [1.54, 1.807) is 0 Å². The molecule has 2 aliphatic heterocycles. The molecule has 2 saturated heterocycles. The Morgan fingerprint density at radius 3 is 1.69 bits per heavy atom. The molecule has 45 heavy (non-hydrogen) atoms. The second kappa shape index (κ2) is 16.0. The third-order valence-electron chi connectivity index (χ3n) is 5.87. The van der Waals surface area contributed by atoms with Crippen LogP contribution in [0.1, 0.15) is 29.8 Å². The maximum absolute atomic E-state index is 12.5. The first-order valence-corrected chi connectivity index (χ1v) is 12.3. The van der Waals surface area contributed by atoms with Gasteiger partial charge >= 0.3 is 36.4 Å². The number of alkyl halides is 9. The van der Waals surface area contributed by atoms with Crippen molar-refractivity contribution in [1.29, 1.82) is 0 Å². The molecule has 4 rings (SSSR count). The molecule has 2 aliphatic rings. The number of carboxylic acid groups (broad SMARTS) is 3. The fraction of sp³-hybridized carbons (Fsp3) is 0.440. The summed E-state index contributed by atoms with van der Waals surface area (Å²) in [7, 11) is 0. The van der Waals surface area contributed by atoms with Gasteiger partial charge in [0, 0.05) is 49.7 Å². The summed E-state index contributed by atoms with van der Waals surface area (Å²) in [6, 6.07) is 10.8. The number of pyridine rings is 2. The minimum absolute atomic E-state index is 0.257. The molecule has 250 valence electrons. The third-order valence-corrected chi connectivity index (χ3v) is 5.87. The molecule has 0 aromatic carbocycles. The molecule has 2 atom stereocenters. The molecule has 0 saturated carbocycles. The van der Waals surface area contributed by atoms with Crippen LogP contribution in [0.3, 0.4) is 0 Å². The predicted molar refractivity (Wildman–Crippen MR) is 132 cm³/mol. The van der Waals surface area contributed by atoms with E-state index in [0.717, 1.165) is 30.9 Å². The lowest BCUT2D eigenvalue weighted by Gasteiger charge is -2.25. The van der Waals surface area contributed by atoms with E-state index in [2.05, 4.69) is 27.0 Å². The molecule has 4 heterocycles. The maximum atomic E-state index is 12.5. The zero-order chi connectivity index (χ0) is 34.8. The number of aromatic nitrogens is 2. The van der Waals surface area contributed by atoms with Crippen LogP contribution in [-0.2, 0) is 32.3 Å². The Bertz CT molecular complexity index is 1250. The zero-order valence-electron chi connectivity index (χ0n) is 22.9. The van der Waals surface area contributed by atoms with E-state index in [4.69, 9.17) is 29.7 Å². The number of carbonyl (C=O) groups is 4. The largest absolute Gasteiger partial charge is 0.490 e. The van der Waals surface area contributed by atoms with Crippen molar-refractivity contribution in [2.75, 3.05) is 6.54 Å². The molecular formula is C25H25F9N4O7. The lowest BCUT2D eigenvalue weighted by atomic mass is 10.1. The van der Waals surface area contributed by atoms with Crippen LogP contribution in [0.15, 0.2) is 42.7 Å². The van der Waals surface area contributed by atoms with Gasteiger partial charge in [-0.05, 0) is 43.2 Å². The van der Waals surface area contributed by atoms with Gasteiger partial charge in [0.2, 0.25) is 5.91 Å². The topological polar surface area (TPSA) is 161 Å². The Morgan fingerprint density at radius 1 is 0.800 bits per heavy atom. The Morgan fingerprint density at radius 2 is 1.27 bits per heavy atom. The predicted octanol–water partition coefficient (Wildman–Crippen LogP) is 4.06. The van der Waals surface area contributed by atoms with Crippen LogP contribution in [0.2, 0.25) is 0 Å². The molecule has 2 aromatic rings. The van der Waals surface area contributed by atoms with E-state index in [-0.39, 0.29) is 5.91 Å². The van der Waals surface area contributed by atoms with Gasteiger partial charge in [-0.1, -0.05) is 6.07 Å². The first kappa shape index (κ1) is 38.5. The quantitative estimate of drug-likeness (QED) is 0.407. The van der Waals surface area contributed by atoms with Crippen LogP contribution in [0.5, 0.6) is 0 Å². The first-order valence-electron chi connectivity index (χ1n) is 12.3. The van der Waals surface area contributed by atoms with Gasteiger partial charge in [0.05, 0.1) is 12.2 Å². The fourth-order valence-electron chi connectivity index (χ4n) is 4.00. The van der Waals surface area contributed by atoms with Crippen molar-refractivity contribution < 1.29 is 74.0 Å². The van der Waals surface area contributed by atoms with E-state index < -0.39 is 36.4 Å². The van der Waals surface area contributed by atoms with Crippen molar-refractivity contribution in [3.05, 3.63) is 59.7 Å². The summed E-state index contributed by atoms with van der Waals surface area (Å²) in [5.74, 6) is -8.01. The van der Waals surface area contributed by atoms with Gasteiger partial charge in [-0.15, -0.1) is 0 Å². The molecule has 2 aromatic heterocycles. The van der Waals surface area contributed by atoms with Gasteiger partial charge in [0.1, 0.15) is 0 Å². The number of fused-ring (bicyclic) bond motifs is 1. The average molecular weight is 664 g/mol. The average Bonchev–Trinajstić information content (AvgIpc) is 3.43. The van der Waals surface area contributed by atoms with Crippen LogP contribution in [0, 0.1) is 6.92 Å². The Hall–Kier alpha value is -4.49. The van der Waals surface area contributed by atoms with Gasteiger partial charge in [-0.2, -0.15) is 39.5 Å². The van der Waals surface area contributed by atoms with Crippen LogP contribution in [0.25, 0.3) is 0 Å².